The molecule has 2 aliphatic rings. The van der Waals surface area contributed by atoms with Gasteiger partial charge in [0.2, 0.25) is 0 Å². The van der Waals surface area contributed by atoms with E-state index in [-0.39, 0.29) is 24.9 Å². The van der Waals surface area contributed by atoms with Gasteiger partial charge < -0.3 is 34.1 Å². The Hall–Kier alpha value is -3.78. The summed E-state index contributed by atoms with van der Waals surface area (Å²) in [6.45, 7) is 11.2. The molecule has 6 rings (SSSR count). The number of benzene rings is 1. The van der Waals surface area contributed by atoms with Gasteiger partial charge in [-0.1, -0.05) is 12.6 Å². The van der Waals surface area contributed by atoms with Crippen LogP contribution in [0.1, 0.15) is 20.1 Å². The van der Waals surface area contributed by atoms with Crippen molar-refractivity contribution < 1.29 is 18.9 Å². The molecule has 2 fully saturated rings. The topological polar surface area (TPSA) is 111 Å². The molecule has 4 atom stereocenters. The Morgan fingerprint density at radius 3 is 2.82 bits per heavy atom. The summed E-state index contributed by atoms with van der Waals surface area (Å²) in [7, 11) is 0. The third-order valence-corrected chi connectivity index (χ3v) is 6.12. The molecular weight excluding hydrogens is 436 g/mol. The third-order valence-electron chi connectivity index (χ3n) is 6.12. The monoisotopic (exact) mass is 458 g/mol. The Labute approximate surface area is 195 Å². The SMILES string of the molecule is [C-]#[N+]c1ccc2ccc(OC[C@H]3O[C@@H](n4ccc5c(N)ncnc54)[C@@H]4OC(C)(C)O[C@@H]43)cc2n1. The van der Waals surface area contributed by atoms with E-state index in [2.05, 4.69) is 19.8 Å². The van der Waals surface area contributed by atoms with Gasteiger partial charge in [-0.25, -0.2) is 9.97 Å². The van der Waals surface area contributed by atoms with Crippen molar-refractivity contribution in [2.24, 2.45) is 0 Å². The second-order valence-corrected chi connectivity index (χ2v) is 8.80. The maximum atomic E-state index is 7.18. The first kappa shape index (κ1) is 20.8. The van der Waals surface area contributed by atoms with E-state index in [1.807, 2.05) is 54.9 Å². The zero-order valence-corrected chi connectivity index (χ0v) is 18.6. The van der Waals surface area contributed by atoms with Crippen molar-refractivity contribution in [3.8, 4) is 5.75 Å². The normalized spacial score (nSPS) is 25.4. The first-order valence-electron chi connectivity index (χ1n) is 10.9. The first-order chi connectivity index (χ1) is 16.4. The Kier molecular flexibility index (Phi) is 4.67. The zero-order chi connectivity index (χ0) is 23.4. The molecule has 5 heterocycles. The number of nitrogen functional groups attached to an aromatic ring is 1. The molecule has 34 heavy (non-hydrogen) atoms. The van der Waals surface area contributed by atoms with Gasteiger partial charge in [0.1, 0.15) is 48.5 Å². The summed E-state index contributed by atoms with van der Waals surface area (Å²) in [4.78, 5) is 16.2. The van der Waals surface area contributed by atoms with E-state index in [1.54, 1.807) is 6.07 Å². The number of nitrogens with zero attached hydrogens (tertiary/aromatic N) is 5. The molecule has 0 unspecified atom stereocenters. The van der Waals surface area contributed by atoms with Crippen LogP contribution < -0.4 is 10.5 Å². The smallest absolute Gasteiger partial charge is 0.270 e. The predicted octanol–water partition coefficient (Wildman–Crippen LogP) is 3.61. The molecule has 2 saturated heterocycles. The van der Waals surface area contributed by atoms with E-state index in [0.717, 1.165) is 10.8 Å². The van der Waals surface area contributed by atoms with Gasteiger partial charge in [0, 0.05) is 17.6 Å². The number of hydrogen-bond acceptors (Lipinski definition) is 8. The third kappa shape index (κ3) is 3.42. The molecule has 0 radical (unpaired) electrons. The molecule has 2 N–H and O–H groups in total. The molecule has 10 heteroatoms. The summed E-state index contributed by atoms with van der Waals surface area (Å²) in [6.07, 6.45) is 1.78. The fraction of sp³-hybridized carbons (Fsp3) is 0.333. The molecule has 0 spiro atoms. The van der Waals surface area contributed by atoms with Crippen molar-refractivity contribution in [2.45, 2.75) is 44.2 Å². The molecular formula is C24H22N6O4. The van der Waals surface area contributed by atoms with Crippen LogP contribution in [0.2, 0.25) is 0 Å². The van der Waals surface area contributed by atoms with Crippen LogP contribution >= 0.6 is 0 Å². The van der Waals surface area contributed by atoms with Gasteiger partial charge in [-0.05, 0) is 38.1 Å². The van der Waals surface area contributed by atoms with E-state index in [9.17, 15) is 0 Å². The summed E-state index contributed by atoms with van der Waals surface area (Å²) < 4.78 is 26.8. The van der Waals surface area contributed by atoms with E-state index in [4.69, 9.17) is 31.3 Å². The van der Waals surface area contributed by atoms with Crippen LogP contribution in [0.25, 0.3) is 26.8 Å². The Morgan fingerprint density at radius 2 is 1.97 bits per heavy atom. The number of hydrogen-bond donors (Lipinski definition) is 1. The predicted molar refractivity (Wildman–Crippen MR) is 123 cm³/mol. The van der Waals surface area contributed by atoms with Crippen molar-refractivity contribution in [1.82, 2.24) is 19.5 Å². The van der Waals surface area contributed by atoms with Crippen LogP contribution in [0.4, 0.5) is 11.6 Å². The van der Waals surface area contributed by atoms with Crippen molar-refractivity contribution in [3.63, 3.8) is 0 Å². The molecule has 0 saturated carbocycles. The van der Waals surface area contributed by atoms with Gasteiger partial charge >= 0.3 is 0 Å². The maximum Gasteiger partial charge on any atom is 0.270 e. The highest BCUT2D eigenvalue weighted by Crippen LogP contribution is 2.44. The number of nitrogens with two attached hydrogens (primary N) is 1. The van der Waals surface area contributed by atoms with Crippen molar-refractivity contribution >= 4 is 33.6 Å². The zero-order valence-electron chi connectivity index (χ0n) is 18.6. The van der Waals surface area contributed by atoms with Gasteiger partial charge in [0.15, 0.2) is 17.5 Å². The lowest BCUT2D eigenvalue weighted by Crippen LogP contribution is -2.33. The van der Waals surface area contributed by atoms with Crippen LogP contribution in [0.15, 0.2) is 48.9 Å². The lowest BCUT2D eigenvalue weighted by Gasteiger charge is -2.25. The van der Waals surface area contributed by atoms with Gasteiger partial charge in [-0.15, -0.1) is 4.98 Å². The van der Waals surface area contributed by atoms with Gasteiger partial charge in [0.05, 0.1) is 5.39 Å². The number of ether oxygens (including phenoxy) is 4. The molecule has 3 aromatic heterocycles. The van der Waals surface area contributed by atoms with Crippen LogP contribution in [0.3, 0.4) is 0 Å². The average molecular weight is 458 g/mol. The van der Waals surface area contributed by atoms with Crippen LogP contribution in [0, 0.1) is 6.57 Å². The lowest BCUT2D eigenvalue weighted by molar-refractivity contribution is -0.198. The largest absolute Gasteiger partial charge is 0.491 e. The molecule has 2 aliphatic heterocycles. The van der Waals surface area contributed by atoms with E-state index in [1.165, 1.54) is 6.33 Å². The van der Waals surface area contributed by atoms with Crippen molar-refractivity contribution in [1.29, 1.82) is 0 Å². The first-order valence-corrected chi connectivity index (χ1v) is 10.9. The minimum atomic E-state index is -0.754. The second kappa shape index (κ2) is 7.63. The van der Waals surface area contributed by atoms with Crippen molar-refractivity contribution in [3.05, 3.63) is 60.3 Å². The summed E-state index contributed by atoms with van der Waals surface area (Å²) in [5.41, 5.74) is 7.38. The summed E-state index contributed by atoms with van der Waals surface area (Å²) >= 11 is 0. The maximum absolute atomic E-state index is 7.18. The summed E-state index contributed by atoms with van der Waals surface area (Å²) in [5.74, 6) is 0.635. The van der Waals surface area contributed by atoms with E-state index >= 15 is 0 Å². The number of anilines is 1. The summed E-state index contributed by atoms with van der Waals surface area (Å²) in [5, 5.41) is 1.69. The second-order valence-electron chi connectivity index (χ2n) is 8.80. The number of pyridine rings is 1. The average Bonchev–Trinajstić information content (AvgIpc) is 3.48. The number of fused-ring (bicyclic) bond motifs is 3. The van der Waals surface area contributed by atoms with E-state index < -0.39 is 12.0 Å². The van der Waals surface area contributed by atoms with E-state index in [0.29, 0.717) is 28.5 Å². The fourth-order valence-electron chi connectivity index (χ4n) is 4.63. The van der Waals surface area contributed by atoms with Crippen LogP contribution in [0.5, 0.6) is 5.75 Å². The Balaban J connectivity index is 1.27. The molecule has 10 nitrogen and oxygen atoms in total. The standard InChI is InChI=1S/C24H22N6O4/c1-24(2)33-19-17(11-31-14-6-4-13-5-7-18(26-3)29-16(13)10-14)32-23(20(19)34-24)30-9-8-15-21(25)27-12-28-22(15)30/h4-10,12,17,19-20,23H,11H2,1-2H3,(H2,25,27,28)/t17-,19-,20-,23-/m1/s1. The Morgan fingerprint density at radius 1 is 1.15 bits per heavy atom. The van der Waals surface area contributed by atoms with Crippen LogP contribution in [-0.2, 0) is 14.2 Å². The van der Waals surface area contributed by atoms with Gasteiger partial charge in [-0.3, -0.25) is 0 Å². The molecule has 4 aromatic rings. The highest BCUT2D eigenvalue weighted by molar-refractivity contribution is 5.86. The minimum absolute atomic E-state index is 0.251. The Bertz CT molecular complexity index is 1440. The molecule has 0 bridgehead atoms. The molecule has 0 aliphatic carbocycles. The lowest BCUT2D eigenvalue weighted by atomic mass is 10.1. The van der Waals surface area contributed by atoms with Gasteiger partial charge in [0.25, 0.3) is 5.82 Å². The van der Waals surface area contributed by atoms with Gasteiger partial charge in [-0.2, -0.15) is 0 Å². The minimum Gasteiger partial charge on any atom is -0.491 e. The number of rotatable bonds is 4. The highest BCUT2D eigenvalue weighted by atomic mass is 16.8. The number of aromatic nitrogens is 4. The van der Waals surface area contributed by atoms with Crippen LogP contribution in [-0.4, -0.2) is 50.2 Å². The molecule has 1 aromatic carbocycles. The molecule has 172 valence electrons. The highest BCUT2D eigenvalue weighted by Gasteiger charge is 2.56. The quantitative estimate of drug-likeness (QED) is 0.462. The van der Waals surface area contributed by atoms with Crippen molar-refractivity contribution in [2.75, 3.05) is 12.3 Å². The molecule has 0 amide bonds. The summed E-state index contributed by atoms with van der Waals surface area (Å²) in [6, 6.07) is 11.1. The fourth-order valence-corrected chi connectivity index (χ4v) is 4.63.